The van der Waals surface area contributed by atoms with Gasteiger partial charge in [0.2, 0.25) is 0 Å². The Balaban J connectivity index is 1.81. The average Bonchev–Trinajstić information content (AvgIpc) is 2.54. The van der Waals surface area contributed by atoms with E-state index in [4.69, 9.17) is 4.74 Å². The molecule has 0 aliphatic carbocycles. The fourth-order valence-corrected chi connectivity index (χ4v) is 2.64. The van der Waals surface area contributed by atoms with Gasteiger partial charge < -0.3 is 10.1 Å². The number of benzene rings is 2. The molecule has 2 heteroatoms. The standard InChI is InChI=1S/C20H23NO/c1-4-20(3)11-10-17-13-18(15(2)12-19(17)22-20)21-14-16-8-6-5-7-9-16/h5-13,21H,4,14H2,1-3H3. The molecule has 22 heavy (non-hydrogen) atoms. The molecular formula is C20H23NO. The predicted molar refractivity (Wildman–Crippen MR) is 93.3 cm³/mol. The van der Waals surface area contributed by atoms with Crippen LogP contribution in [0.5, 0.6) is 5.75 Å². The van der Waals surface area contributed by atoms with Crippen molar-refractivity contribution in [3.63, 3.8) is 0 Å². The van der Waals surface area contributed by atoms with E-state index in [9.17, 15) is 0 Å². The molecule has 1 aliphatic heterocycles. The molecule has 0 spiro atoms. The van der Waals surface area contributed by atoms with Gasteiger partial charge in [-0.15, -0.1) is 0 Å². The van der Waals surface area contributed by atoms with Gasteiger partial charge in [-0.2, -0.15) is 0 Å². The first-order valence-corrected chi connectivity index (χ1v) is 7.90. The second kappa shape index (κ2) is 5.88. The molecule has 2 aromatic rings. The summed E-state index contributed by atoms with van der Waals surface area (Å²) in [5, 5.41) is 3.52. The summed E-state index contributed by atoms with van der Waals surface area (Å²) in [5.41, 5.74) is 4.62. The molecular weight excluding hydrogens is 270 g/mol. The number of anilines is 1. The quantitative estimate of drug-likeness (QED) is 0.838. The summed E-state index contributed by atoms with van der Waals surface area (Å²) < 4.78 is 6.15. The zero-order valence-electron chi connectivity index (χ0n) is 13.5. The van der Waals surface area contributed by atoms with Crippen molar-refractivity contribution in [1.82, 2.24) is 0 Å². The lowest BCUT2D eigenvalue weighted by Gasteiger charge is -2.31. The van der Waals surface area contributed by atoms with Crippen molar-refractivity contribution in [2.24, 2.45) is 0 Å². The molecule has 0 radical (unpaired) electrons. The Kier molecular flexibility index (Phi) is 3.93. The number of fused-ring (bicyclic) bond motifs is 1. The SMILES string of the molecule is CCC1(C)C=Cc2cc(NCc3ccccc3)c(C)cc2O1. The molecule has 0 fully saturated rings. The van der Waals surface area contributed by atoms with Gasteiger partial charge in [-0.1, -0.05) is 43.3 Å². The van der Waals surface area contributed by atoms with Crippen LogP contribution < -0.4 is 10.1 Å². The summed E-state index contributed by atoms with van der Waals surface area (Å²) in [4.78, 5) is 0. The topological polar surface area (TPSA) is 21.3 Å². The predicted octanol–water partition coefficient (Wildman–Crippen LogP) is 5.18. The van der Waals surface area contributed by atoms with Crippen LogP contribution in [0.4, 0.5) is 5.69 Å². The Morgan fingerprint density at radius 1 is 1.14 bits per heavy atom. The molecule has 2 nitrogen and oxygen atoms in total. The van der Waals surface area contributed by atoms with Crippen LogP contribution in [0.3, 0.4) is 0 Å². The van der Waals surface area contributed by atoms with Gasteiger partial charge in [0.15, 0.2) is 0 Å². The first-order valence-electron chi connectivity index (χ1n) is 7.90. The molecule has 0 saturated carbocycles. The Morgan fingerprint density at radius 2 is 1.91 bits per heavy atom. The van der Waals surface area contributed by atoms with E-state index in [0.717, 1.165) is 30.0 Å². The van der Waals surface area contributed by atoms with Crippen molar-refractivity contribution < 1.29 is 4.74 Å². The fraction of sp³-hybridized carbons (Fsp3) is 0.300. The summed E-state index contributed by atoms with van der Waals surface area (Å²) in [6.07, 6.45) is 5.30. The molecule has 1 atom stereocenters. The summed E-state index contributed by atoms with van der Waals surface area (Å²) in [7, 11) is 0. The lowest BCUT2D eigenvalue weighted by atomic mass is 9.96. The molecule has 3 rings (SSSR count). The molecule has 1 aliphatic rings. The van der Waals surface area contributed by atoms with Crippen molar-refractivity contribution in [2.75, 3.05) is 5.32 Å². The monoisotopic (exact) mass is 293 g/mol. The summed E-state index contributed by atoms with van der Waals surface area (Å²) in [6, 6.07) is 14.8. The van der Waals surface area contributed by atoms with E-state index < -0.39 is 0 Å². The second-order valence-electron chi connectivity index (χ2n) is 6.15. The van der Waals surface area contributed by atoms with Crippen LogP contribution in [0.2, 0.25) is 0 Å². The molecule has 1 heterocycles. The van der Waals surface area contributed by atoms with E-state index in [1.54, 1.807) is 0 Å². The molecule has 1 unspecified atom stereocenters. The molecule has 1 N–H and O–H groups in total. The second-order valence-corrected chi connectivity index (χ2v) is 6.15. The third kappa shape index (κ3) is 3.01. The normalized spacial score (nSPS) is 19.4. The summed E-state index contributed by atoms with van der Waals surface area (Å²) in [6.45, 7) is 7.23. The van der Waals surface area contributed by atoms with Crippen LogP contribution in [0.15, 0.2) is 48.5 Å². The van der Waals surface area contributed by atoms with E-state index in [1.807, 2.05) is 6.07 Å². The Morgan fingerprint density at radius 3 is 2.64 bits per heavy atom. The number of hydrogen-bond donors (Lipinski definition) is 1. The van der Waals surface area contributed by atoms with E-state index in [0.29, 0.717) is 0 Å². The highest BCUT2D eigenvalue weighted by atomic mass is 16.5. The highest BCUT2D eigenvalue weighted by Crippen LogP contribution is 2.36. The van der Waals surface area contributed by atoms with Crippen molar-refractivity contribution in [1.29, 1.82) is 0 Å². The molecule has 0 saturated heterocycles. The Bertz CT molecular complexity index is 690. The molecule has 0 aromatic heterocycles. The van der Waals surface area contributed by atoms with Crippen molar-refractivity contribution >= 4 is 11.8 Å². The largest absolute Gasteiger partial charge is 0.483 e. The maximum absolute atomic E-state index is 6.15. The van der Waals surface area contributed by atoms with Gasteiger partial charge in [0.1, 0.15) is 11.4 Å². The lowest BCUT2D eigenvalue weighted by molar-refractivity contribution is 0.133. The maximum atomic E-state index is 6.15. The van der Waals surface area contributed by atoms with Crippen LogP contribution in [0.25, 0.3) is 6.08 Å². The maximum Gasteiger partial charge on any atom is 0.128 e. The molecule has 0 amide bonds. The van der Waals surface area contributed by atoms with Gasteiger partial charge in [-0.3, -0.25) is 0 Å². The third-order valence-electron chi connectivity index (χ3n) is 4.34. The minimum Gasteiger partial charge on any atom is -0.483 e. The number of hydrogen-bond acceptors (Lipinski definition) is 2. The molecule has 2 aromatic carbocycles. The lowest BCUT2D eigenvalue weighted by Crippen LogP contribution is -2.30. The number of ether oxygens (including phenoxy) is 1. The Hall–Kier alpha value is -2.22. The summed E-state index contributed by atoms with van der Waals surface area (Å²) in [5.74, 6) is 0.981. The van der Waals surface area contributed by atoms with Gasteiger partial charge in [-0.25, -0.2) is 0 Å². The third-order valence-corrected chi connectivity index (χ3v) is 4.34. The van der Waals surface area contributed by atoms with Gasteiger partial charge in [0, 0.05) is 17.8 Å². The van der Waals surface area contributed by atoms with Gasteiger partial charge in [-0.05, 0) is 49.6 Å². The van der Waals surface area contributed by atoms with Crippen LogP contribution in [0, 0.1) is 6.92 Å². The highest BCUT2D eigenvalue weighted by molar-refractivity contribution is 5.68. The van der Waals surface area contributed by atoms with E-state index >= 15 is 0 Å². The van der Waals surface area contributed by atoms with Crippen molar-refractivity contribution in [2.45, 2.75) is 39.3 Å². The zero-order chi connectivity index (χ0) is 15.6. The van der Waals surface area contributed by atoms with Crippen LogP contribution in [-0.2, 0) is 6.54 Å². The van der Waals surface area contributed by atoms with Crippen LogP contribution in [0.1, 0.15) is 37.0 Å². The fourth-order valence-electron chi connectivity index (χ4n) is 2.64. The minimum absolute atomic E-state index is 0.182. The average molecular weight is 293 g/mol. The Labute approximate surface area is 132 Å². The van der Waals surface area contributed by atoms with Crippen molar-refractivity contribution in [3.8, 4) is 5.75 Å². The molecule has 114 valence electrons. The van der Waals surface area contributed by atoms with Gasteiger partial charge in [0.05, 0.1) is 0 Å². The van der Waals surface area contributed by atoms with Crippen LogP contribution >= 0.6 is 0 Å². The number of rotatable bonds is 4. The number of nitrogens with one attached hydrogen (secondary N) is 1. The van der Waals surface area contributed by atoms with Crippen molar-refractivity contribution in [3.05, 3.63) is 65.2 Å². The smallest absolute Gasteiger partial charge is 0.128 e. The van der Waals surface area contributed by atoms with E-state index in [1.165, 1.54) is 11.1 Å². The van der Waals surface area contributed by atoms with Crippen LogP contribution in [-0.4, -0.2) is 5.60 Å². The van der Waals surface area contributed by atoms with Gasteiger partial charge >= 0.3 is 0 Å². The van der Waals surface area contributed by atoms with E-state index in [-0.39, 0.29) is 5.60 Å². The first-order chi connectivity index (χ1) is 10.6. The first kappa shape index (κ1) is 14.7. The minimum atomic E-state index is -0.182. The summed E-state index contributed by atoms with van der Waals surface area (Å²) >= 11 is 0. The van der Waals surface area contributed by atoms with Gasteiger partial charge in [0.25, 0.3) is 0 Å². The molecule has 0 bridgehead atoms. The zero-order valence-corrected chi connectivity index (χ0v) is 13.5. The van der Waals surface area contributed by atoms with E-state index in [2.05, 4.69) is 74.6 Å². The number of aryl methyl sites for hydroxylation is 1. The highest BCUT2D eigenvalue weighted by Gasteiger charge is 2.25.